The molecular formula is C34H26CrN9O8S. The van der Waals surface area contributed by atoms with Crippen molar-refractivity contribution in [2.24, 2.45) is 25.6 Å². The van der Waals surface area contributed by atoms with Gasteiger partial charge in [0.2, 0.25) is 10.0 Å². The maximum atomic E-state index is 12.6. The number of rotatable bonds is 9. The Morgan fingerprint density at radius 2 is 1.06 bits per heavy atom. The molecule has 0 atom stereocenters. The van der Waals surface area contributed by atoms with Gasteiger partial charge in [-0.05, 0) is 42.5 Å². The Kier molecular flexibility index (Phi) is 12.3. The summed E-state index contributed by atoms with van der Waals surface area (Å²) < 4.78 is 25.2. The van der Waals surface area contributed by atoms with Gasteiger partial charge in [0.1, 0.15) is 11.4 Å². The van der Waals surface area contributed by atoms with Crippen molar-refractivity contribution in [2.75, 3.05) is 0 Å². The number of nitrogens with two attached hydrogens (primary N) is 1. The molecule has 1 radical (unpaired) electrons. The number of para-hydroxylation sites is 1. The van der Waals surface area contributed by atoms with E-state index in [-0.39, 0.29) is 68.9 Å². The first-order valence-electron chi connectivity index (χ1n) is 14.9. The number of primary sulfonamides is 1. The van der Waals surface area contributed by atoms with Gasteiger partial charge < -0.3 is 39.4 Å². The molecule has 0 saturated carbocycles. The van der Waals surface area contributed by atoms with Crippen LogP contribution in [-0.2, 0) is 27.4 Å². The molecule has 2 heterocycles. The second-order valence-electron chi connectivity index (χ2n) is 10.7. The topological polar surface area (TPSA) is 262 Å². The van der Waals surface area contributed by atoms with Gasteiger partial charge in [0.05, 0.1) is 28.2 Å². The quantitative estimate of drug-likeness (QED) is 0.210. The normalized spacial score (nSPS) is 11.2. The van der Waals surface area contributed by atoms with Crippen LogP contribution in [0.15, 0.2) is 138 Å². The van der Waals surface area contributed by atoms with Crippen LogP contribution in [-0.4, -0.2) is 29.7 Å². The van der Waals surface area contributed by atoms with Crippen LogP contribution in [0.1, 0.15) is 33.5 Å². The van der Waals surface area contributed by atoms with E-state index >= 15 is 0 Å². The monoisotopic (exact) mass is 772 g/mol. The van der Waals surface area contributed by atoms with Crippen molar-refractivity contribution in [2.45, 2.75) is 18.7 Å². The van der Waals surface area contributed by atoms with Crippen LogP contribution in [0.4, 0.5) is 22.7 Å². The maximum absolute atomic E-state index is 12.6. The van der Waals surface area contributed by atoms with Gasteiger partial charge in [-0.1, -0.05) is 74.5 Å². The Balaban J connectivity index is 0.000000283. The van der Waals surface area contributed by atoms with Gasteiger partial charge in [-0.3, -0.25) is 9.59 Å². The minimum absolute atomic E-state index is 0. The number of aryl methyl sites for hydroxylation is 2. The summed E-state index contributed by atoms with van der Waals surface area (Å²) in [6, 6.07) is 26.1. The van der Waals surface area contributed by atoms with Crippen molar-refractivity contribution in [3.8, 4) is 11.4 Å². The standard InChI is InChI=1S/C17H15N5O5S.C17H14N4O3.Cr/c1-10-15(20-19-14-8-3-2-7-13(14)17(24)25)16(23)22(21-10)11-5-4-6-12(9-11)28(18,26)27;1-11-15(16(22)21(20-11)12-7-3-2-4-8-12)19-18-14-10-6-5-9-13(14)17(23)24;/h2-9H,1H3,(H4,18,19,21,23,24,25,26,27);2-10H,1H3,(H2,18,20,22,23,24);/q;;+3/p-3. The molecule has 0 unspecified atom stereocenters. The molecule has 6 aromatic rings. The number of carboxylic acids is 2. The molecular weight excluding hydrogens is 746 g/mol. The number of benzene rings is 4. The number of hydrogen-bond acceptors (Lipinski definition) is 12. The van der Waals surface area contributed by atoms with Gasteiger partial charge in [0, 0.05) is 22.5 Å². The van der Waals surface area contributed by atoms with E-state index in [4.69, 9.17) is 5.14 Å². The summed E-state index contributed by atoms with van der Waals surface area (Å²) in [5.74, 6) is -2.78. The summed E-state index contributed by atoms with van der Waals surface area (Å²) >= 11 is 0. The molecule has 0 amide bonds. The first-order valence-corrected chi connectivity index (χ1v) is 16.5. The summed E-state index contributed by atoms with van der Waals surface area (Å²) in [5.41, 5.74) is 0.145. The second kappa shape index (κ2) is 16.7. The van der Waals surface area contributed by atoms with Crippen LogP contribution in [0.5, 0.6) is 0 Å². The van der Waals surface area contributed by atoms with Crippen LogP contribution in [0.25, 0.3) is 11.4 Å². The molecule has 0 fully saturated rings. The zero-order chi connectivity index (χ0) is 37.6. The zero-order valence-electron chi connectivity index (χ0n) is 28.6. The van der Waals surface area contributed by atoms with Crippen molar-refractivity contribution in [1.82, 2.24) is 19.6 Å². The Hall–Kier alpha value is -6.52. The summed E-state index contributed by atoms with van der Waals surface area (Å²) in [7, 11) is -3.96. The Morgan fingerprint density at radius 1 is 0.642 bits per heavy atom. The number of azo groups is 2. The van der Waals surface area contributed by atoms with E-state index in [2.05, 4.69) is 30.7 Å². The van der Waals surface area contributed by atoms with E-state index in [0.29, 0.717) is 11.4 Å². The molecule has 0 bridgehead atoms. The van der Waals surface area contributed by atoms with Crippen molar-refractivity contribution in [3.63, 3.8) is 0 Å². The van der Waals surface area contributed by atoms with Gasteiger partial charge >= 0.3 is 18.8 Å². The molecule has 2 aromatic heterocycles. The summed E-state index contributed by atoms with van der Waals surface area (Å²) in [5, 5.41) is 50.9. The number of aromatic carboxylic acids is 2. The second-order valence-corrected chi connectivity index (χ2v) is 12.3. The zero-order valence-corrected chi connectivity index (χ0v) is 29.6. The van der Waals surface area contributed by atoms with E-state index in [1.165, 1.54) is 66.2 Å². The Morgan fingerprint density at radius 3 is 1.51 bits per heavy atom. The van der Waals surface area contributed by atoms with E-state index in [0.717, 1.165) is 4.68 Å². The number of nitrogens with zero attached hydrogens (tertiary/aromatic N) is 8. The molecule has 267 valence electrons. The third-order valence-electron chi connectivity index (χ3n) is 7.13. The number of carboxylic acid groups (broad SMARTS) is 2. The summed E-state index contributed by atoms with van der Waals surface area (Å²) in [6.07, 6.45) is 0. The van der Waals surface area contributed by atoms with Gasteiger partial charge in [0.25, 0.3) is 11.1 Å². The smallest absolute Gasteiger partial charge is 0.589 e. The van der Waals surface area contributed by atoms with Crippen molar-refractivity contribution in [1.29, 1.82) is 0 Å². The Bertz CT molecular complexity index is 2600. The average molecular weight is 773 g/mol. The number of carbonyl (C=O) groups is 2. The van der Waals surface area contributed by atoms with E-state index in [9.17, 15) is 37.8 Å². The van der Waals surface area contributed by atoms with E-state index in [1.54, 1.807) is 49.4 Å². The van der Waals surface area contributed by atoms with E-state index in [1.807, 2.05) is 6.07 Å². The molecule has 19 heteroatoms. The third-order valence-corrected chi connectivity index (χ3v) is 8.04. The third kappa shape index (κ3) is 9.05. The van der Waals surface area contributed by atoms with Gasteiger partial charge in [-0.25, -0.2) is 13.6 Å². The van der Waals surface area contributed by atoms with Gasteiger partial charge in [-0.2, -0.15) is 0 Å². The largest absolute Gasteiger partial charge is 3.00 e. The minimum Gasteiger partial charge on any atom is -0.589 e. The molecule has 2 N–H and O–H groups in total. The van der Waals surface area contributed by atoms with Crippen molar-refractivity contribution < 1.29 is 47.0 Å². The van der Waals surface area contributed by atoms with Crippen LogP contribution in [0.2, 0.25) is 0 Å². The molecule has 0 saturated heterocycles. The molecule has 53 heavy (non-hydrogen) atoms. The molecule has 0 spiro atoms. The number of sulfonamides is 1. The van der Waals surface area contributed by atoms with Crippen LogP contribution < -0.4 is 36.7 Å². The van der Waals surface area contributed by atoms with Crippen LogP contribution >= 0.6 is 0 Å². The maximum Gasteiger partial charge on any atom is 3.00 e. The fraction of sp³-hybridized carbons (Fsp3) is 0.0588. The number of hydrogen-bond donors (Lipinski definition) is 1. The molecule has 6 rings (SSSR count). The van der Waals surface area contributed by atoms with Gasteiger partial charge in [0.15, 0.2) is 0 Å². The SMILES string of the molecule is Cc1[n-]n(-c2cccc(S(N)(=O)=O)c2)c(=O)c1N=Nc1ccccc1C(=O)[O-].Cc1[n-]n(-c2ccccc2)c(=O)c1N=Nc1ccccc1C(=O)[O-].[Cr+3].[H+]. The first kappa shape index (κ1) is 39.3. The summed E-state index contributed by atoms with van der Waals surface area (Å²) in [4.78, 5) is 47.1. The van der Waals surface area contributed by atoms with Crippen molar-refractivity contribution >= 4 is 44.7 Å². The molecule has 17 nitrogen and oxygen atoms in total. The Labute approximate surface area is 312 Å². The molecule has 4 aromatic carbocycles. The van der Waals surface area contributed by atoms with Gasteiger partial charge in [-0.15, -0.1) is 31.8 Å². The predicted molar refractivity (Wildman–Crippen MR) is 183 cm³/mol. The fourth-order valence-electron chi connectivity index (χ4n) is 4.61. The number of aromatic nitrogens is 4. The first-order chi connectivity index (χ1) is 24.8. The fourth-order valence-corrected chi connectivity index (χ4v) is 5.17. The molecule has 0 aliphatic rings. The average Bonchev–Trinajstić information content (AvgIpc) is 3.58. The van der Waals surface area contributed by atoms with Crippen molar-refractivity contribution in [3.05, 3.63) is 146 Å². The predicted octanol–water partition coefficient (Wildman–Crippen LogP) is 2.52. The number of carbonyl (C=O) groups excluding carboxylic acids is 2. The summed E-state index contributed by atoms with van der Waals surface area (Å²) in [6.45, 7) is 3.15. The molecule has 0 aliphatic heterocycles. The van der Waals surface area contributed by atoms with Crippen LogP contribution in [0, 0.1) is 13.8 Å². The minimum atomic E-state index is -3.96. The van der Waals surface area contributed by atoms with Crippen LogP contribution in [0.3, 0.4) is 0 Å². The molecule has 0 aliphatic carbocycles. The van der Waals surface area contributed by atoms with E-state index < -0.39 is 33.1 Å².